The molecule has 0 bridgehead atoms. The van der Waals surface area contributed by atoms with E-state index < -0.39 is 11.8 Å². The quantitative estimate of drug-likeness (QED) is 0.544. The van der Waals surface area contributed by atoms with Gasteiger partial charge in [0.1, 0.15) is 5.82 Å². The van der Waals surface area contributed by atoms with E-state index in [1.807, 2.05) is 6.92 Å². The van der Waals surface area contributed by atoms with Crippen LogP contribution in [0.5, 0.6) is 0 Å². The molecule has 0 aliphatic heterocycles. The second-order valence-electron chi connectivity index (χ2n) is 7.11. The number of rotatable bonds is 4. The predicted molar refractivity (Wildman–Crippen MR) is 104 cm³/mol. The Morgan fingerprint density at radius 2 is 1.89 bits per heavy atom. The number of nitrogens with one attached hydrogen (secondary N) is 3. The first kappa shape index (κ1) is 19.8. The van der Waals surface area contributed by atoms with Crippen LogP contribution in [0.25, 0.3) is 5.95 Å². The maximum Gasteiger partial charge on any atom is 0.314 e. The maximum absolute atomic E-state index is 12.4. The number of nitrogens with zero attached hydrogens (tertiary/aromatic N) is 3. The minimum absolute atomic E-state index is 0.0339. The summed E-state index contributed by atoms with van der Waals surface area (Å²) in [7, 11) is 0. The average molecular weight is 386 g/mol. The van der Waals surface area contributed by atoms with E-state index in [1.165, 1.54) is 23.6 Å². The van der Waals surface area contributed by atoms with E-state index in [0.717, 1.165) is 25.7 Å². The highest BCUT2D eigenvalue weighted by Crippen LogP contribution is 2.17. The second kappa shape index (κ2) is 8.81. The maximum atomic E-state index is 12.4. The summed E-state index contributed by atoms with van der Waals surface area (Å²) in [4.78, 5) is 43.5. The molecule has 2 aromatic rings. The number of anilines is 1. The Bertz CT molecular complexity index is 909. The third-order valence-corrected chi connectivity index (χ3v) is 4.81. The molecule has 0 saturated heterocycles. The zero-order valence-electron chi connectivity index (χ0n) is 16.2. The topological polar surface area (TPSA) is 122 Å². The molecule has 9 nitrogen and oxygen atoms in total. The van der Waals surface area contributed by atoms with E-state index in [2.05, 4.69) is 25.7 Å². The van der Waals surface area contributed by atoms with E-state index in [0.29, 0.717) is 17.8 Å². The number of hydrogen-bond acceptors (Lipinski definition) is 5. The lowest BCUT2D eigenvalue weighted by Gasteiger charge is -2.16. The summed E-state index contributed by atoms with van der Waals surface area (Å²) < 4.78 is 1.33. The Kier molecular flexibility index (Phi) is 6.23. The lowest BCUT2D eigenvalue weighted by Crippen LogP contribution is -2.41. The number of aromatic nitrogens is 4. The molecule has 3 N–H and O–H groups in total. The number of aryl methyl sites for hydroxylation is 2. The van der Waals surface area contributed by atoms with Gasteiger partial charge in [-0.05, 0) is 26.2 Å². The van der Waals surface area contributed by atoms with Crippen LogP contribution < -0.4 is 16.2 Å². The molecule has 2 amide bonds. The van der Waals surface area contributed by atoms with Crippen LogP contribution in [-0.2, 0) is 16.0 Å². The molecule has 1 aliphatic rings. The van der Waals surface area contributed by atoms with Crippen molar-refractivity contribution in [2.75, 3.05) is 5.32 Å². The lowest BCUT2D eigenvalue weighted by molar-refractivity contribution is -0.136. The molecule has 0 radical (unpaired) electrons. The molecular weight excluding hydrogens is 360 g/mol. The van der Waals surface area contributed by atoms with Crippen molar-refractivity contribution in [3.8, 4) is 5.95 Å². The van der Waals surface area contributed by atoms with Gasteiger partial charge >= 0.3 is 11.8 Å². The zero-order valence-corrected chi connectivity index (χ0v) is 16.2. The van der Waals surface area contributed by atoms with Crippen molar-refractivity contribution in [1.82, 2.24) is 25.1 Å². The summed E-state index contributed by atoms with van der Waals surface area (Å²) in [5.41, 5.74) is 0.915. The van der Waals surface area contributed by atoms with Gasteiger partial charge in [0, 0.05) is 23.9 Å². The molecular formula is C19H26N6O3. The lowest BCUT2D eigenvalue weighted by atomic mass is 10.1. The Hall–Kier alpha value is -2.97. The fourth-order valence-electron chi connectivity index (χ4n) is 3.37. The smallest absolute Gasteiger partial charge is 0.314 e. The molecule has 0 spiro atoms. The number of H-pyrrole nitrogens is 1. The fraction of sp³-hybridized carbons (Fsp3) is 0.526. The number of carbonyl (C=O) groups excluding carboxylic acids is 2. The summed E-state index contributed by atoms with van der Waals surface area (Å²) >= 11 is 0. The van der Waals surface area contributed by atoms with Crippen LogP contribution in [0.4, 0.5) is 5.82 Å². The van der Waals surface area contributed by atoms with Gasteiger partial charge in [-0.25, -0.2) is 4.98 Å². The van der Waals surface area contributed by atoms with Crippen LogP contribution in [0, 0.1) is 6.92 Å². The summed E-state index contributed by atoms with van der Waals surface area (Å²) in [6.45, 7) is 3.64. The van der Waals surface area contributed by atoms with Gasteiger partial charge < -0.3 is 10.6 Å². The first-order valence-corrected chi connectivity index (χ1v) is 9.75. The first-order chi connectivity index (χ1) is 13.5. The molecule has 28 heavy (non-hydrogen) atoms. The summed E-state index contributed by atoms with van der Waals surface area (Å²) in [6, 6.07) is 3.07. The molecule has 1 aliphatic carbocycles. The highest BCUT2D eigenvalue weighted by Gasteiger charge is 2.22. The van der Waals surface area contributed by atoms with Crippen LogP contribution in [0.15, 0.2) is 16.9 Å². The summed E-state index contributed by atoms with van der Waals surface area (Å²) in [5.74, 6) is -0.965. The van der Waals surface area contributed by atoms with Crippen molar-refractivity contribution >= 4 is 17.6 Å². The highest BCUT2D eigenvalue weighted by atomic mass is 16.2. The van der Waals surface area contributed by atoms with E-state index >= 15 is 0 Å². The average Bonchev–Trinajstić information content (AvgIpc) is 2.86. The van der Waals surface area contributed by atoms with E-state index in [4.69, 9.17) is 0 Å². The molecule has 3 rings (SSSR count). The summed E-state index contributed by atoms with van der Waals surface area (Å²) in [6.07, 6.45) is 6.83. The molecule has 0 unspecified atom stereocenters. The standard InChI is InChI=1S/C19H26N6O3/c1-3-13-11-16(26)23-19(21-13)25-15(10-12(2)24-25)22-18(28)17(27)20-14-8-6-4-5-7-9-14/h10-11,14H,3-9H2,1-2H3,(H,20,27)(H,22,28)(H,21,23,26). The number of amides is 2. The van der Waals surface area contributed by atoms with Gasteiger partial charge in [-0.15, -0.1) is 0 Å². The van der Waals surface area contributed by atoms with Crippen molar-refractivity contribution in [3.63, 3.8) is 0 Å². The third kappa shape index (κ3) is 4.85. The fourth-order valence-corrected chi connectivity index (χ4v) is 3.37. The van der Waals surface area contributed by atoms with Crippen LogP contribution in [0.3, 0.4) is 0 Å². The van der Waals surface area contributed by atoms with Gasteiger partial charge in [0.25, 0.3) is 5.56 Å². The third-order valence-electron chi connectivity index (χ3n) is 4.81. The normalized spacial score (nSPS) is 15.1. The van der Waals surface area contributed by atoms with Crippen LogP contribution >= 0.6 is 0 Å². The van der Waals surface area contributed by atoms with Crippen LogP contribution in [0.1, 0.15) is 56.8 Å². The van der Waals surface area contributed by atoms with E-state index in [9.17, 15) is 14.4 Å². The van der Waals surface area contributed by atoms with E-state index in [-0.39, 0.29) is 23.4 Å². The van der Waals surface area contributed by atoms with Crippen molar-refractivity contribution in [1.29, 1.82) is 0 Å². The first-order valence-electron chi connectivity index (χ1n) is 9.75. The molecule has 2 heterocycles. The van der Waals surface area contributed by atoms with Crippen molar-refractivity contribution in [2.45, 2.75) is 64.8 Å². The number of hydrogen-bond donors (Lipinski definition) is 3. The summed E-state index contributed by atoms with van der Waals surface area (Å²) in [5, 5.41) is 9.67. The van der Waals surface area contributed by atoms with Crippen molar-refractivity contribution < 1.29 is 9.59 Å². The van der Waals surface area contributed by atoms with Crippen LogP contribution in [-0.4, -0.2) is 37.6 Å². The minimum atomic E-state index is -0.764. The number of aromatic amines is 1. The monoisotopic (exact) mass is 386 g/mol. The van der Waals surface area contributed by atoms with Gasteiger partial charge in [-0.2, -0.15) is 9.78 Å². The largest absolute Gasteiger partial charge is 0.345 e. The van der Waals surface area contributed by atoms with Gasteiger partial charge in [0.05, 0.1) is 5.69 Å². The molecule has 1 saturated carbocycles. The van der Waals surface area contributed by atoms with Crippen molar-refractivity contribution in [2.24, 2.45) is 0 Å². The molecule has 150 valence electrons. The molecule has 1 fully saturated rings. The molecule has 9 heteroatoms. The van der Waals surface area contributed by atoms with Gasteiger partial charge in [0.2, 0.25) is 5.95 Å². The predicted octanol–water partition coefficient (Wildman–Crippen LogP) is 1.60. The Labute approximate surface area is 162 Å². The van der Waals surface area contributed by atoms with Gasteiger partial charge in [-0.3, -0.25) is 19.4 Å². The number of carbonyl (C=O) groups is 2. The SMILES string of the molecule is CCc1cc(=O)[nH]c(-n2nc(C)cc2NC(=O)C(=O)NC2CCCCCC2)n1. The minimum Gasteiger partial charge on any atom is -0.345 e. The highest BCUT2D eigenvalue weighted by molar-refractivity contribution is 6.39. The molecule has 0 atom stereocenters. The Morgan fingerprint density at radius 3 is 2.57 bits per heavy atom. The second-order valence-corrected chi connectivity index (χ2v) is 7.11. The molecule has 0 aromatic carbocycles. The van der Waals surface area contributed by atoms with Gasteiger partial charge in [-0.1, -0.05) is 32.6 Å². The zero-order chi connectivity index (χ0) is 20.1. The Morgan fingerprint density at radius 1 is 1.18 bits per heavy atom. The van der Waals surface area contributed by atoms with Gasteiger partial charge in [0.15, 0.2) is 0 Å². The Balaban J connectivity index is 1.75. The van der Waals surface area contributed by atoms with E-state index in [1.54, 1.807) is 13.0 Å². The van der Waals surface area contributed by atoms with Crippen molar-refractivity contribution in [3.05, 3.63) is 33.9 Å². The van der Waals surface area contributed by atoms with Crippen LogP contribution in [0.2, 0.25) is 0 Å². The molecule has 2 aromatic heterocycles.